The van der Waals surface area contributed by atoms with E-state index in [0.717, 1.165) is 11.4 Å². The van der Waals surface area contributed by atoms with Gasteiger partial charge in [0.05, 0.1) is 17.8 Å². The quantitative estimate of drug-likeness (QED) is 0.468. The van der Waals surface area contributed by atoms with Crippen LogP contribution in [-0.2, 0) is 0 Å². The molecule has 1 aromatic rings. The number of aromatic nitrogens is 2. The molecule has 0 unspecified atom stereocenters. The van der Waals surface area contributed by atoms with Crippen LogP contribution in [0.3, 0.4) is 0 Å². The van der Waals surface area contributed by atoms with Crippen LogP contribution in [0, 0.1) is 6.42 Å². The van der Waals surface area contributed by atoms with E-state index in [2.05, 4.69) is 9.97 Å². The topological polar surface area (TPSA) is 25.8 Å². The fourth-order valence-electron chi connectivity index (χ4n) is 0.527. The van der Waals surface area contributed by atoms with Crippen LogP contribution in [0.2, 0.25) is 0 Å². The highest BCUT2D eigenvalue weighted by Gasteiger charge is 2.18. The van der Waals surface area contributed by atoms with Crippen LogP contribution in [0.5, 0.6) is 0 Å². The monoisotopic (exact) mass is 91.0 g/mol. The molecule has 0 atom stereocenters. The van der Waals surface area contributed by atoms with E-state index in [-0.39, 0.29) is 0 Å². The standard InChI is InChI=1S/C5H3N2/c1-2-7-5-3-4(5)6-1/h1-3H. The molecule has 2 rings (SSSR count). The fourth-order valence-corrected chi connectivity index (χ4v) is 0.527. The van der Waals surface area contributed by atoms with E-state index >= 15 is 0 Å². The molecule has 2 nitrogen and oxygen atoms in total. The van der Waals surface area contributed by atoms with E-state index in [1.807, 2.05) is 6.42 Å². The molecular formula is C5H3N2. The van der Waals surface area contributed by atoms with Gasteiger partial charge in [-0.05, 0) is 0 Å². The third-order valence-corrected chi connectivity index (χ3v) is 0.946. The number of rotatable bonds is 0. The van der Waals surface area contributed by atoms with Gasteiger partial charge < -0.3 is 0 Å². The second-order valence-corrected chi connectivity index (χ2v) is 1.47. The van der Waals surface area contributed by atoms with Gasteiger partial charge in [-0.1, -0.05) is 0 Å². The molecule has 1 aromatic heterocycles. The minimum atomic E-state index is 1.04. The van der Waals surface area contributed by atoms with Crippen molar-refractivity contribution in [1.82, 2.24) is 9.97 Å². The molecule has 33 valence electrons. The highest BCUT2D eigenvalue weighted by atomic mass is 14.8. The lowest BCUT2D eigenvalue weighted by Crippen LogP contribution is -1.66. The van der Waals surface area contributed by atoms with Crippen molar-refractivity contribution in [2.75, 3.05) is 0 Å². The Hall–Kier alpha value is -0.920. The minimum absolute atomic E-state index is 1.04. The van der Waals surface area contributed by atoms with Crippen molar-refractivity contribution in [1.29, 1.82) is 0 Å². The summed E-state index contributed by atoms with van der Waals surface area (Å²) in [7, 11) is 0. The molecule has 1 aliphatic carbocycles. The number of hydrogen-bond acceptors (Lipinski definition) is 2. The second kappa shape index (κ2) is 0.832. The molecule has 2 heteroatoms. The summed E-state index contributed by atoms with van der Waals surface area (Å²) in [4.78, 5) is 7.91. The van der Waals surface area contributed by atoms with E-state index < -0.39 is 0 Å². The molecule has 0 fully saturated rings. The summed E-state index contributed by atoms with van der Waals surface area (Å²) in [6, 6.07) is 0. The van der Waals surface area contributed by atoms with E-state index in [9.17, 15) is 0 Å². The van der Waals surface area contributed by atoms with Crippen LogP contribution < -0.4 is 0 Å². The first-order chi connectivity index (χ1) is 3.47. The normalized spacial score (nSPS) is 13.1. The molecule has 0 spiro atoms. The molecule has 0 amide bonds. The Morgan fingerprint density at radius 2 is 1.57 bits per heavy atom. The van der Waals surface area contributed by atoms with Gasteiger partial charge in [-0.15, -0.1) is 0 Å². The fraction of sp³-hybridized carbons (Fsp3) is 0. The zero-order chi connectivity index (χ0) is 4.69. The first-order valence-corrected chi connectivity index (χ1v) is 2.12. The predicted octanol–water partition coefficient (Wildman–Crippen LogP) is 0.391. The van der Waals surface area contributed by atoms with Crippen molar-refractivity contribution < 1.29 is 0 Å². The maximum absolute atomic E-state index is 3.95. The lowest BCUT2D eigenvalue weighted by atomic mass is 10.8. The van der Waals surface area contributed by atoms with E-state index in [1.54, 1.807) is 12.4 Å². The molecule has 1 heterocycles. The summed E-state index contributed by atoms with van der Waals surface area (Å²) in [5, 5.41) is 0. The second-order valence-electron chi connectivity index (χ2n) is 1.47. The van der Waals surface area contributed by atoms with Crippen molar-refractivity contribution in [2.45, 2.75) is 0 Å². The van der Waals surface area contributed by atoms with E-state index in [1.165, 1.54) is 0 Å². The van der Waals surface area contributed by atoms with Crippen LogP contribution in [0.4, 0.5) is 0 Å². The van der Waals surface area contributed by atoms with Crippen LogP contribution in [0.25, 0.3) is 0 Å². The molecule has 1 aliphatic rings. The molecular weight excluding hydrogens is 88.1 g/mol. The summed E-state index contributed by atoms with van der Waals surface area (Å²) in [5.74, 6) is 0. The van der Waals surface area contributed by atoms with Gasteiger partial charge in [0.15, 0.2) is 0 Å². The summed E-state index contributed by atoms with van der Waals surface area (Å²) >= 11 is 0. The van der Waals surface area contributed by atoms with Crippen LogP contribution >= 0.6 is 0 Å². The lowest BCUT2D eigenvalue weighted by molar-refractivity contribution is 1.23. The SMILES string of the molecule is [CH]1c2nccnc21. The zero-order valence-electron chi connectivity index (χ0n) is 3.63. The Kier molecular flexibility index (Phi) is 0.372. The summed E-state index contributed by atoms with van der Waals surface area (Å²) < 4.78 is 0. The van der Waals surface area contributed by atoms with Gasteiger partial charge in [0.1, 0.15) is 0 Å². The Morgan fingerprint density at radius 3 is 2.00 bits per heavy atom. The van der Waals surface area contributed by atoms with Gasteiger partial charge in [-0.3, -0.25) is 9.97 Å². The first kappa shape index (κ1) is 3.13. The highest BCUT2D eigenvalue weighted by Crippen LogP contribution is 2.22. The third kappa shape index (κ3) is 0.330. The average molecular weight is 91.1 g/mol. The maximum atomic E-state index is 3.95. The molecule has 1 radical (unpaired) electrons. The van der Waals surface area contributed by atoms with Crippen molar-refractivity contribution >= 4 is 0 Å². The predicted molar refractivity (Wildman–Crippen MR) is 24.5 cm³/mol. The van der Waals surface area contributed by atoms with Crippen LogP contribution in [-0.4, -0.2) is 9.97 Å². The largest absolute Gasteiger partial charge is 0.257 e. The van der Waals surface area contributed by atoms with Gasteiger partial charge in [-0.25, -0.2) is 0 Å². The number of fused-ring (bicyclic) bond motifs is 1. The Morgan fingerprint density at radius 1 is 1.00 bits per heavy atom. The van der Waals surface area contributed by atoms with E-state index in [0.29, 0.717) is 0 Å². The molecule has 0 bridgehead atoms. The van der Waals surface area contributed by atoms with Gasteiger partial charge >= 0.3 is 0 Å². The Labute approximate surface area is 41.2 Å². The van der Waals surface area contributed by atoms with Gasteiger partial charge in [0.25, 0.3) is 0 Å². The number of hydrogen-bond donors (Lipinski definition) is 0. The van der Waals surface area contributed by atoms with Gasteiger partial charge in [0.2, 0.25) is 0 Å². The Balaban J connectivity index is 2.73. The van der Waals surface area contributed by atoms with Crippen molar-refractivity contribution in [3.05, 3.63) is 30.2 Å². The van der Waals surface area contributed by atoms with Crippen molar-refractivity contribution in [3.8, 4) is 0 Å². The summed E-state index contributed by atoms with van der Waals surface area (Å²) in [5.41, 5.74) is 2.09. The zero-order valence-corrected chi connectivity index (χ0v) is 3.63. The van der Waals surface area contributed by atoms with Crippen LogP contribution in [0.15, 0.2) is 12.4 Å². The molecule has 0 saturated carbocycles. The van der Waals surface area contributed by atoms with Crippen molar-refractivity contribution in [2.24, 2.45) is 0 Å². The van der Waals surface area contributed by atoms with Crippen LogP contribution in [0.1, 0.15) is 11.4 Å². The van der Waals surface area contributed by atoms with Crippen molar-refractivity contribution in [3.63, 3.8) is 0 Å². The maximum Gasteiger partial charge on any atom is 0.0728 e. The molecule has 7 heavy (non-hydrogen) atoms. The molecule has 0 aliphatic heterocycles. The average Bonchev–Trinajstić information content (AvgIpc) is 2.41. The Bertz CT molecular complexity index is 174. The summed E-state index contributed by atoms with van der Waals surface area (Å²) in [6.45, 7) is 0. The molecule has 0 saturated heterocycles. The third-order valence-electron chi connectivity index (χ3n) is 0.946. The number of nitrogens with zero attached hydrogens (tertiary/aromatic N) is 2. The summed E-state index contributed by atoms with van der Waals surface area (Å²) in [6.07, 6.45) is 5.34. The molecule has 0 aromatic carbocycles. The van der Waals surface area contributed by atoms with Gasteiger partial charge in [0, 0.05) is 12.4 Å². The van der Waals surface area contributed by atoms with Gasteiger partial charge in [-0.2, -0.15) is 0 Å². The molecule has 0 N–H and O–H groups in total. The smallest absolute Gasteiger partial charge is 0.0728 e. The van der Waals surface area contributed by atoms with E-state index in [4.69, 9.17) is 0 Å². The highest BCUT2D eigenvalue weighted by molar-refractivity contribution is 5.47. The lowest BCUT2D eigenvalue weighted by Gasteiger charge is -1.69. The minimum Gasteiger partial charge on any atom is -0.257 e. The first-order valence-electron chi connectivity index (χ1n) is 2.12.